The highest BCUT2D eigenvalue weighted by atomic mass is 79.9. The van der Waals surface area contributed by atoms with E-state index in [0.717, 1.165) is 0 Å². The Morgan fingerprint density at radius 2 is 2.00 bits per heavy atom. The van der Waals surface area contributed by atoms with Crippen LogP contribution in [0.3, 0.4) is 0 Å². The van der Waals surface area contributed by atoms with E-state index < -0.39 is 5.82 Å². The van der Waals surface area contributed by atoms with Crippen LogP contribution in [0.2, 0.25) is 10.3 Å². The molecule has 0 atom stereocenters. The summed E-state index contributed by atoms with van der Waals surface area (Å²) < 4.78 is 14.7. The Morgan fingerprint density at radius 1 is 1.21 bits per heavy atom. The largest absolute Gasteiger partial charge is 0.261 e. The molecule has 0 unspecified atom stereocenters. The molecule has 1 N–H and O–H groups in total. The Balaban J connectivity index is 2.36. The lowest BCUT2D eigenvalue weighted by molar-refractivity contribution is 0.630. The summed E-state index contributed by atoms with van der Waals surface area (Å²) in [6.07, 6.45) is 1.51. The molecule has 0 amide bonds. The van der Waals surface area contributed by atoms with Crippen LogP contribution in [0.1, 0.15) is 0 Å². The zero-order chi connectivity index (χ0) is 13.6. The van der Waals surface area contributed by atoms with Crippen LogP contribution in [0.4, 0.5) is 4.39 Å². The molecule has 2 aromatic heterocycles. The van der Waals surface area contributed by atoms with E-state index in [4.69, 9.17) is 23.2 Å². The lowest BCUT2D eigenvalue weighted by Gasteiger charge is -2.06. The van der Waals surface area contributed by atoms with Crippen LogP contribution in [-0.2, 0) is 0 Å². The van der Waals surface area contributed by atoms with Crippen molar-refractivity contribution in [3.63, 3.8) is 0 Å². The number of hydrogen-bond donors (Lipinski definition) is 1. The van der Waals surface area contributed by atoms with E-state index in [1.165, 1.54) is 6.20 Å². The minimum atomic E-state index is -0.576. The highest BCUT2D eigenvalue weighted by molar-refractivity contribution is 9.10. The normalized spacial score (nSPS) is 11.2. The van der Waals surface area contributed by atoms with Gasteiger partial charge in [0, 0.05) is 10.0 Å². The first kappa shape index (κ1) is 12.8. The number of H-pyrrole nitrogens is 1. The summed E-state index contributed by atoms with van der Waals surface area (Å²) in [5, 5.41) is 7.08. The van der Waals surface area contributed by atoms with Gasteiger partial charge in [0.1, 0.15) is 0 Å². The molecule has 0 aliphatic carbocycles. The Morgan fingerprint density at radius 3 is 2.79 bits per heavy atom. The fourth-order valence-corrected chi connectivity index (χ4v) is 2.36. The number of halogens is 4. The van der Waals surface area contributed by atoms with Gasteiger partial charge in [0.05, 0.1) is 22.3 Å². The molecule has 0 aliphatic rings. The van der Waals surface area contributed by atoms with Gasteiger partial charge in [-0.05, 0) is 39.7 Å². The van der Waals surface area contributed by atoms with Crippen LogP contribution in [0, 0.1) is 5.82 Å². The second-order valence-electron chi connectivity index (χ2n) is 3.70. The summed E-state index contributed by atoms with van der Waals surface area (Å²) in [6.45, 7) is 0. The molecule has 96 valence electrons. The summed E-state index contributed by atoms with van der Waals surface area (Å²) in [6, 6.07) is 3.21. The SMILES string of the molecule is Fc1c(-c2nc(Cl)nc3[nH]ncc23)ccc(Br)c1Cl. The van der Waals surface area contributed by atoms with E-state index in [-0.39, 0.29) is 15.9 Å². The van der Waals surface area contributed by atoms with Crippen LogP contribution >= 0.6 is 39.1 Å². The number of aromatic amines is 1. The number of nitrogens with zero attached hydrogens (tertiary/aromatic N) is 3. The Labute approximate surface area is 125 Å². The smallest absolute Gasteiger partial charge is 0.224 e. The minimum absolute atomic E-state index is 0.00481. The Kier molecular flexibility index (Phi) is 3.16. The molecule has 3 rings (SSSR count). The molecule has 3 aromatic rings. The highest BCUT2D eigenvalue weighted by Crippen LogP contribution is 2.34. The van der Waals surface area contributed by atoms with Crippen molar-refractivity contribution in [1.29, 1.82) is 0 Å². The molecule has 0 bridgehead atoms. The molecule has 0 aliphatic heterocycles. The first-order valence-electron chi connectivity index (χ1n) is 5.08. The van der Waals surface area contributed by atoms with E-state index in [1.54, 1.807) is 12.1 Å². The predicted molar refractivity (Wildman–Crippen MR) is 74.8 cm³/mol. The predicted octanol–water partition coefficient (Wildman–Crippen LogP) is 4.23. The molecule has 0 saturated heterocycles. The average Bonchev–Trinajstić information content (AvgIpc) is 2.83. The highest BCUT2D eigenvalue weighted by Gasteiger charge is 2.17. The van der Waals surface area contributed by atoms with Crippen molar-refractivity contribution in [2.24, 2.45) is 0 Å². The minimum Gasteiger partial charge on any atom is -0.261 e. The van der Waals surface area contributed by atoms with Gasteiger partial charge in [0.25, 0.3) is 0 Å². The van der Waals surface area contributed by atoms with Crippen LogP contribution in [0.25, 0.3) is 22.3 Å². The molecule has 19 heavy (non-hydrogen) atoms. The second-order valence-corrected chi connectivity index (χ2v) is 5.27. The molecule has 0 radical (unpaired) electrons. The van der Waals surface area contributed by atoms with Gasteiger partial charge in [0.2, 0.25) is 5.28 Å². The van der Waals surface area contributed by atoms with Crippen LogP contribution in [-0.4, -0.2) is 20.2 Å². The van der Waals surface area contributed by atoms with Crippen molar-refractivity contribution < 1.29 is 4.39 Å². The third-order valence-corrected chi connectivity index (χ3v) is 4.00. The van der Waals surface area contributed by atoms with Crippen molar-refractivity contribution in [2.75, 3.05) is 0 Å². The van der Waals surface area contributed by atoms with Gasteiger partial charge >= 0.3 is 0 Å². The van der Waals surface area contributed by atoms with Gasteiger partial charge in [-0.2, -0.15) is 10.1 Å². The van der Waals surface area contributed by atoms with Gasteiger partial charge < -0.3 is 0 Å². The molecule has 0 fully saturated rings. The van der Waals surface area contributed by atoms with Crippen molar-refractivity contribution in [3.05, 3.63) is 38.9 Å². The molecule has 2 heterocycles. The Bertz CT molecular complexity index is 790. The number of rotatable bonds is 1. The van der Waals surface area contributed by atoms with E-state index in [2.05, 4.69) is 36.1 Å². The third kappa shape index (κ3) is 2.09. The molecule has 1 aromatic carbocycles. The van der Waals surface area contributed by atoms with Gasteiger partial charge in [-0.1, -0.05) is 11.6 Å². The molecular weight excluding hydrogens is 358 g/mol. The summed E-state index contributed by atoms with van der Waals surface area (Å²) in [5.41, 5.74) is 1.02. The topological polar surface area (TPSA) is 54.5 Å². The van der Waals surface area contributed by atoms with E-state index in [9.17, 15) is 4.39 Å². The van der Waals surface area contributed by atoms with E-state index >= 15 is 0 Å². The first-order chi connectivity index (χ1) is 9.08. The summed E-state index contributed by atoms with van der Waals surface area (Å²) in [4.78, 5) is 8.02. The van der Waals surface area contributed by atoms with Gasteiger partial charge in [-0.25, -0.2) is 9.37 Å². The van der Waals surface area contributed by atoms with Crippen molar-refractivity contribution in [2.45, 2.75) is 0 Å². The maximum Gasteiger partial charge on any atom is 0.224 e. The maximum atomic E-state index is 14.2. The first-order valence-corrected chi connectivity index (χ1v) is 6.63. The number of fused-ring (bicyclic) bond motifs is 1. The maximum absolute atomic E-state index is 14.2. The zero-order valence-electron chi connectivity index (χ0n) is 9.09. The van der Waals surface area contributed by atoms with Crippen molar-refractivity contribution in [1.82, 2.24) is 20.2 Å². The lowest BCUT2D eigenvalue weighted by atomic mass is 10.1. The van der Waals surface area contributed by atoms with Gasteiger partial charge in [-0.3, -0.25) is 5.10 Å². The van der Waals surface area contributed by atoms with Crippen LogP contribution < -0.4 is 0 Å². The number of benzene rings is 1. The number of hydrogen-bond acceptors (Lipinski definition) is 3. The van der Waals surface area contributed by atoms with Crippen molar-refractivity contribution in [3.8, 4) is 11.3 Å². The quantitative estimate of drug-likeness (QED) is 0.521. The summed E-state index contributed by atoms with van der Waals surface area (Å²) in [7, 11) is 0. The van der Waals surface area contributed by atoms with Crippen molar-refractivity contribution >= 4 is 50.2 Å². The molecule has 0 saturated carbocycles. The fourth-order valence-electron chi connectivity index (χ4n) is 1.72. The lowest BCUT2D eigenvalue weighted by Crippen LogP contribution is -1.93. The summed E-state index contributed by atoms with van der Waals surface area (Å²) in [5.74, 6) is -0.576. The summed E-state index contributed by atoms with van der Waals surface area (Å²) >= 11 is 14.9. The molecule has 4 nitrogen and oxygen atoms in total. The molecule has 8 heteroatoms. The van der Waals surface area contributed by atoms with Crippen LogP contribution in [0.15, 0.2) is 22.8 Å². The van der Waals surface area contributed by atoms with Gasteiger partial charge in [0.15, 0.2) is 11.5 Å². The zero-order valence-corrected chi connectivity index (χ0v) is 12.2. The standard InChI is InChI=1S/C11H4BrCl2FN4/c12-6-2-1-4(8(15)7(6)13)9-5-3-16-19-10(5)18-11(14)17-9/h1-3H,(H,16,17,18,19). The van der Waals surface area contributed by atoms with Crippen LogP contribution in [0.5, 0.6) is 0 Å². The van der Waals surface area contributed by atoms with Gasteiger partial charge in [-0.15, -0.1) is 0 Å². The average molecular weight is 362 g/mol. The third-order valence-electron chi connectivity index (χ3n) is 2.57. The fraction of sp³-hybridized carbons (Fsp3) is 0. The van der Waals surface area contributed by atoms with E-state index in [0.29, 0.717) is 21.2 Å². The molecule has 0 spiro atoms. The number of aromatic nitrogens is 4. The second kappa shape index (κ2) is 4.70. The Hall–Kier alpha value is -1.24. The number of nitrogens with one attached hydrogen (secondary N) is 1. The van der Waals surface area contributed by atoms with E-state index in [1.807, 2.05) is 0 Å². The molecular formula is C11H4BrCl2FN4. The monoisotopic (exact) mass is 360 g/mol.